The van der Waals surface area contributed by atoms with Crippen LogP contribution in [0.4, 0.5) is 0 Å². The Labute approximate surface area is 74.7 Å². The molecule has 0 radical (unpaired) electrons. The average Bonchev–Trinajstić information content (AvgIpc) is 1.97. The first-order valence-electron chi connectivity index (χ1n) is 4.33. The van der Waals surface area contributed by atoms with Crippen LogP contribution in [0.3, 0.4) is 0 Å². The molecular weight excluding hydrogens is 150 g/mol. The summed E-state index contributed by atoms with van der Waals surface area (Å²) in [6, 6.07) is 0. The van der Waals surface area contributed by atoms with Crippen molar-refractivity contribution < 1.29 is 4.79 Å². The van der Waals surface area contributed by atoms with E-state index in [1.807, 2.05) is 13.8 Å². The fourth-order valence-corrected chi connectivity index (χ4v) is 0.832. The second kappa shape index (κ2) is 6.72. The summed E-state index contributed by atoms with van der Waals surface area (Å²) in [7, 11) is 0. The van der Waals surface area contributed by atoms with Crippen molar-refractivity contribution in [2.45, 2.75) is 33.6 Å². The summed E-state index contributed by atoms with van der Waals surface area (Å²) < 4.78 is 0. The quantitative estimate of drug-likeness (QED) is 0.499. The van der Waals surface area contributed by atoms with Gasteiger partial charge in [0.25, 0.3) is 0 Å². The zero-order chi connectivity index (χ0) is 9.40. The Morgan fingerprint density at radius 2 is 2.17 bits per heavy atom. The molecule has 0 saturated carbocycles. The van der Waals surface area contributed by atoms with E-state index in [0.29, 0.717) is 18.9 Å². The number of carbonyl (C=O) groups excluding carboxylic acids is 1. The molecule has 2 nitrogen and oxygen atoms in total. The summed E-state index contributed by atoms with van der Waals surface area (Å²) in [4.78, 5) is 11.1. The van der Waals surface area contributed by atoms with E-state index in [2.05, 4.69) is 17.2 Å². The van der Waals surface area contributed by atoms with E-state index in [4.69, 9.17) is 0 Å². The Morgan fingerprint density at radius 1 is 1.50 bits per heavy atom. The van der Waals surface area contributed by atoms with Gasteiger partial charge in [0.15, 0.2) is 0 Å². The van der Waals surface area contributed by atoms with Crippen molar-refractivity contribution in [3.05, 3.63) is 0 Å². The Hall–Kier alpha value is -0.970. The van der Waals surface area contributed by atoms with Gasteiger partial charge in [-0.05, 0) is 12.8 Å². The highest BCUT2D eigenvalue weighted by Crippen LogP contribution is 1.97. The number of nitrogens with one attached hydrogen (secondary N) is 1. The molecule has 0 bridgehead atoms. The van der Waals surface area contributed by atoms with Gasteiger partial charge < -0.3 is 5.32 Å². The summed E-state index contributed by atoms with van der Waals surface area (Å²) >= 11 is 0. The van der Waals surface area contributed by atoms with Crippen molar-refractivity contribution in [3.63, 3.8) is 0 Å². The van der Waals surface area contributed by atoms with Crippen LogP contribution in [0.2, 0.25) is 0 Å². The topological polar surface area (TPSA) is 29.1 Å². The normalized spacial score (nSPS) is 9.00. The van der Waals surface area contributed by atoms with Gasteiger partial charge in [0, 0.05) is 19.4 Å². The molecule has 0 aromatic heterocycles. The third kappa shape index (κ3) is 7.14. The van der Waals surface area contributed by atoms with Crippen LogP contribution in [0.15, 0.2) is 0 Å². The van der Waals surface area contributed by atoms with Gasteiger partial charge in [-0.15, -0.1) is 11.8 Å². The summed E-state index contributed by atoms with van der Waals surface area (Å²) in [6.45, 7) is 6.54. The van der Waals surface area contributed by atoms with Gasteiger partial charge in [-0.3, -0.25) is 4.79 Å². The van der Waals surface area contributed by atoms with Gasteiger partial charge in [-0.1, -0.05) is 13.8 Å². The van der Waals surface area contributed by atoms with Gasteiger partial charge >= 0.3 is 0 Å². The molecule has 1 amide bonds. The smallest absolute Gasteiger partial charge is 0.220 e. The monoisotopic (exact) mass is 167 g/mol. The lowest BCUT2D eigenvalue weighted by molar-refractivity contribution is -0.121. The zero-order valence-electron chi connectivity index (χ0n) is 8.11. The SMILES string of the molecule is CC#CCCNC(=O)CC(C)C. The first kappa shape index (κ1) is 11.0. The van der Waals surface area contributed by atoms with Crippen LogP contribution in [-0.4, -0.2) is 12.5 Å². The Morgan fingerprint density at radius 3 is 2.67 bits per heavy atom. The molecule has 0 fully saturated rings. The highest BCUT2D eigenvalue weighted by molar-refractivity contribution is 5.76. The summed E-state index contributed by atoms with van der Waals surface area (Å²) in [5.41, 5.74) is 0. The lowest BCUT2D eigenvalue weighted by Gasteiger charge is -2.04. The molecule has 0 spiro atoms. The van der Waals surface area contributed by atoms with Gasteiger partial charge in [0.2, 0.25) is 5.91 Å². The van der Waals surface area contributed by atoms with Crippen LogP contribution < -0.4 is 5.32 Å². The van der Waals surface area contributed by atoms with Crippen molar-refractivity contribution in [2.75, 3.05) is 6.54 Å². The Kier molecular flexibility index (Phi) is 6.18. The van der Waals surface area contributed by atoms with E-state index in [-0.39, 0.29) is 5.91 Å². The van der Waals surface area contributed by atoms with Crippen LogP contribution in [0, 0.1) is 17.8 Å². The molecule has 1 N–H and O–H groups in total. The van der Waals surface area contributed by atoms with Crippen LogP contribution >= 0.6 is 0 Å². The molecule has 0 saturated heterocycles. The lowest BCUT2D eigenvalue weighted by atomic mass is 10.1. The summed E-state index contributed by atoms with van der Waals surface area (Å²) in [6.07, 6.45) is 1.36. The fourth-order valence-electron chi connectivity index (χ4n) is 0.832. The van der Waals surface area contributed by atoms with E-state index in [1.165, 1.54) is 0 Å². The molecule has 0 rings (SSSR count). The maximum Gasteiger partial charge on any atom is 0.220 e. The molecule has 0 aliphatic heterocycles. The second-order valence-electron chi connectivity index (χ2n) is 3.12. The molecular formula is C10H17NO. The minimum absolute atomic E-state index is 0.128. The predicted octanol–water partition coefficient (Wildman–Crippen LogP) is 1.56. The molecule has 0 atom stereocenters. The van der Waals surface area contributed by atoms with Crippen LogP contribution in [0.1, 0.15) is 33.6 Å². The van der Waals surface area contributed by atoms with E-state index in [0.717, 1.165) is 6.42 Å². The molecule has 0 aromatic rings. The summed E-state index contributed by atoms with van der Waals surface area (Å²) in [5, 5.41) is 2.81. The predicted molar refractivity (Wildman–Crippen MR) is 50.5 cm³/mol. The van der Waals surface area contributed by atoms with Crippen LogP contribution in [-0.2, 0) is 4.79 Å². The third-order valence-corrected chi connectivity index (χ3v) is 1.34. The number of rotatable bonds is 4. The average molecular weight is 167 g/mol. The largest absolute Gasteiger partial charge is 0.355 e. The number of amides is 1. The standard InChI is InChI=1S/C10H17NO/c1-4-5-6-7-11-10(12)8-9(2)3/h9H,6-8H2,1-3H3,(H,11,12). The highest BCUT2D eigenvalue weighted by Gasteiger charge is 2.02. The van der Waals surface area contributed by atoms with E-state index in [9.17, 15) is 4.79 Å². The lowest BCUT2D eigenvalue weighted by Crippen LogP contribution is -2.25. The molecule has 0 heterocycles. The number of hydrogen-bond donors (Lipinski definition) is 1. The van der Waals surface area contributed by atoms with Crippen LogP contribution in [0.25, 0.3) is 0 Å². The van der Waals surface area contributed by atoms with Gasteiger partial charge in [-0.2, -0.15) is 0 Å². The molecule has 68 valence electrons. The molecule has 0 unspecified atom stereocenters. The summed E-state index contributed by atoms with van der Waals surface area (Å²) in [5.74, 6) is 6.23. The van der Waals surface area contributed by atoms with Crippen molar-refractivity contribution in [1.29, 1.82) is 0 Å². The van der Waals surface area contributed by atoms with Crippen molar-refractivity contribution >= 4 is 5.91 Å². The molecule has 0 aliphatic carbocycles. The molecule has 2 heteroatoms. The van der Waals surface area contributed by atoms with Crippen molar-refractivity contribution in [3.8, 4) is 11.8 Å². The first-order chi connectivity index (χ1) is 5.66. The Balaban J connectivity index is 3.36. The van der Waals surface area contributed by atoms with E-state index >= 15 is 0 Å². The van der Waals surface area contributed by atoms with Gasteiger partial charge in [0.05, 0.1) is 0 Å². The van der Waals surface area contributed by atoms with E-state index in [1.54, 1.807) is 6.92 Å². The van der Waals surface area contributed by atoms with E-state index < -0.39 is 0 Å². The zero-order valence-corrected chi connectivity index (χ0v) is 8.11. The molecule has 0 aliphatic rings. The minimum atomic E-state index is 0.128. The van der Waals surface area contributed by atoms with Gasteiger partial charge in [0.1, 0.15) is 0 Å². The number of carbonyl (C=O) groups is 1. The fraction of sp³-hybridized carbons (Fsp3) is 0.700. The van der Waals surface area contributed by atoms with Crippen LogP contribution in [0.5, 0.6) is 0 Å². The first-order valence-corrected chi connectivity index (χ1v) is 4.33. The maximum absolute atomic E-state index is 11.1. The maximum atomic E-state index is 11.1. The third-order valence-electron chi connectivity index (χ3n) is 1.34. The second-order valence-corrected chi connectivity index (χ2v) is 3.12. The highest BCUT2D eigenvalue weighted by atomic mass is 16.1. The van der Waals surface area contributed by atoms with Crippen molar-refractivity contribution in [1.82, 2.24) is 5.32 Å². The molecule has 0 aromatic carbocycles. The number of hydrogen-bond acceptors (Lipinski definition) is 1. The van der Waals surface area contributed by atoms with Gasteiger partial charge in [-0.25, -0.2) is 0 Å². The minimum Gasteiger partial charge on any atom is -0.355 e. The Bertz CT molecular complexity index is 186. The van der Waals surface area contributed by atoms with Crippen molar-refractivity contribution in [2.24, 2.45) is 5.92 Å². The molecule has 12 heavy (non-hydrogen) atoms.